The molecular formula is C6H6N2O4S. The first-order chi connectivity index (χ1) is 5.95. The average Bonchev–Trinajstić information content (AvgIpc) is 2.26. The van der Waals surface area contributed by atoms with Gasteiger partial charge in [0.25, 0.3) is 5.69 Å². The number of nitro groups is 2. The lowest BCUT2D eigenvalue weighted by Gasteiger charge is -1.88. The van der Waals surface area contributed by atoms with Crippen molar-refractivity contribution in [1.29, 1.82) is 0 Å². The predicted octanol–water partition coefficient (Wildman–Crippen LogP) is 2.18. The molecule has 0 spiro atoms. The van der Waals surface area contributed by atoms with Crippen molar-refractivity contribution >= 4 is 22.0 Å². The molecule has 0 aliphatic carbocycles. The van der Waals surface area contributed by atoms with Crippen LogP contribution >= 0.6 is 11.3 Å². The second kappa shape index (κ2) is 3.09. The minimum Gasteiger partial charge on any atom is -0.258 e. The summed E-state index contributed by atoms with van der Waals surface area (Å²) in [6.45, 7) is 2.89. The van der Waals surface area contributed by atoms with E-state index in [1.807, 2.05) is 0 Å². The monoisotopic (exact) mass is 202 g/mol. The number of nitrogens with zero attached hydrogens (tertiary/aromatic N) is 2. The third-order valence-electron chi connectivity index (χ3n) is 1.61. The molecule has 1 aromatic rings. The van der Waals surface area contributed by atoms with E-state index in [2.05, 4.69) is 0 Å². The fraction of sp³-hybridized carbons (Fsp3) is 0.333. The number of thiophene rings is 1. The van der Waals surface area contributed by atoms with Crippen molar-refractivity contribution in [1.82, 2.24) is 0 Å². The van der Waals surface area contributed by atoms with Crippen molar-refractivity contribution < 1.29 is 9.85 Å². The van der Waals surface area contributed by atoms with Crippen LogP contribution in [0.5, 0.6) is 0 Å². The van der Waals surface area contributed by atoms with Gasteiger partial charge < -0.3 is 0 Å². The molecule has 1 heterocycles. The van der Waals surface area contributed by atoms with E-state index in [9.17, 15) is 20.2 Å². The molecular weight excluding hydrogens is 196 g/mol. The van der Waals surface area contributed by atoms with Gasteiger partial charge in [0.05, 0.1) is 14.7 Å². The summed E-state index contributed by atoms with van der Waals surface area (Å²) in [5.41, 5.74) is -0.00537. The van der Waals surface area contributed by atoms with Gasteiger partial charge in [-0.05, 0) is 13.8 Å². The highest BCUT2D eigenvalue weighted by Gasteiger charge is 2.28. The summed E-state index contributed by atoms with van der Waals surface area (Å²) in [5.74, 6) is 0. The van der Waals surface area contributed by atoms with Crippen LogP contribution in [0.1, 0.15) is 10.4 Å². The standard InChI is InChI=1S/C6H6N2O4S/c1-3-5(7(9)10)4(2)13-6(3)8(11)12/h1-2H3. The molecule has 0 aliphatic rings. The maximum Gasteiger partial charge on any atom is 0.334 e. The van der Waals surface area contributed by atoms with Crippen LogP contribution in [0.15, 0.2) is 0 Å². The summed E-state index contributed by atoms with van der Waals surface area (Å²) < 4.78 is 0. The molecule has 6 nitrogen and oxygen atoms in total. The second-order valence-corrected chi connectivity index (χ2v) is 3.65. The number of aryl methyl sites for hydroxylation is 1. The highest BCUT2D eigenvalue weighted by atomic mass is 32.1. The summed E-state index contributed by atoms with van der Waals surface area (Å²) in [6, 6.07) is 0. The molecule has 0 saturated heterocycles. The first-order valence-corrected chi connectivity index (χ1v) is 4.15. The van der Waals surface area contributed by atoms with Crippen LogP contribution in [-0.2, 0) is 0 Å². The Kier molecular flexibility index (Phi) is 2.28. The molecule has 0 amide bonds. The Hall–Kier alpha value is -1.50. The van der Waals surface area contributed by atoms with Crippen LogP contribution in [0, 0.1) is 34.1 Å². The molecule has 1 rings (SSSR count). The van der Waals surface area contributed by atoms with Gasteiger partial charge >= 0.3 is 5.00 Å². The van der Waals surface area contributed by atoms with Gasteiger partial charge in [0.15, 0.2) is 0 Å². The lowest BCUT2D eigenvalue weighted by molar-refractivity contribution is -0.391. The van der Waals surface area contributed by atoms with E-state index in [1.54, 1.807) is 0 Å². The zero-order chi connectivity index (χ0) is 10.2. The lowest BCUT2D eigenvalue weighted by atomic mass is 10.3. The van der Waals surface area contributed by atoms with E-state index in [0.29, 0.717) is 4.88 Å². The molecule has 0 N–H and O–H groups in total. The van der Waals surface area contributed by atoms with Crippen LogP contribution in [-0.4, -0.2) is 9.85 Å². The van der Waals surface area contributed by atoms with Crippen LogP contribution in [0.4, 0.5) is 10.7 Å². The van der Waals surface area contributed by atoms with Crippen LogP contribution in [0.25, 0.3) is 0 Å². The van der Waals surface area contributed by atoms with Crippen molar-refractivity contribution in [3.63, 3.8) is 0 Å². The predicted molar refractivity (Wildman–Crippen MR) is 47.1 cm³/mol. The van der Waals surface area contributed by atoms with Gasteiger partial charge in [0, 0.05) is 0 Å². The topological polar surface area (TPSA) is 86.3 Å². The van der Waals surface area contributed by atoms with Crippen LogP contribution in [0.3, 0.4) is 0 Å². The zero-order valence-corrected chi connectivity index (χ0v) is 7.75. The Morgan fingerprint density at radius 2 is 1.69 bits per heavy atom. The van der Waals surface area contributed by atoms with E-state index in [-0.39, 0.29) is 16.3 Å². The molecule has 0 fully saturated rings. The average molecular weight is 202 g/mol. The van der Waals surface area contributed by atoms with Crippen molar-refractivity contribution in [3.8, 4) is 0 Å². The minimum absolute atomic E-state index is 0.137. The van der Waals surface area contributed by atoms with Gasteiger partial charge in [0.2, 0.25) is 0 Å². The Bertz CT molecular complexity index is 384. The highest BCUT2D eigenvalue weighted by molar-refractivity contribution is 7.15. The summed E-state index contributed by atoms with van der Waals surface area (Å²) in [7, 11) is 0. The Balaban J connectivity index is 3.39. The van der Waals surface area contributed by atoms with E-state index in [0.717, 1.165) is 11.3 Å². The molecule has 0 aromatic carbocycles. The molecule has 0 radical (unpaired) electrons. The fourth-order valence-electron chi connectivity index (χ4n) is 1.07. The molecule has 0 bridgehead atoms. The van der Waals surface area contributed by atoms with E-state index < -0.39 is 9.85 Å². The SMILES string of the molecule is Cc1sc([N+](=O)[O-])c(C)c1[N+](=O)[O-]. The van der Waals surface area contributed by atoms with Gasteiger partial charge in [0.1, 0.15) is 5.56 Å². The van der Waals surface area contributed by atoms with Gasteiger partial charge in [-0.2, -0.15) is 0 Å². The first kappa shape index (κ1) is 9.59. The number of rotatable bonds is 2. The molecule has 0 aliphatic heterocycles. The minimum atomic E-state index is -0.597. The summed E-state index contributed by atoms with van der Waals surface area (Å²) in [6.07, 6.45) is 0. The fourth-order valence-corrected chi connectivity index (χ4v) is 2.01. The highest BCUT2D eigenvalue weighted by Crippen LogP contribution is 2.38. The number of hydrogen-bond acceptors (Lipinski definition) is 5. The third-order valence-corrected chi connectivity index (χ3v) is 2.76. The maximum atomic E-state index is 10.5. The van der Waals surface area contributed by atoms with Gasteiger partial charge in [-0.1, -0.05) is 11.3 Å². The zero-order valence-electron chi connectivity index (χ0n) is 6.94. The van der Waals surface area contributed by atoms with E-state index in [1.165, 1.54) is 13.8 Å². The summed E-state index contributed by atoms with van der Waals surface area (Å²) in [4.78, 5) is 20.1. The lowest BCUT2D eigenvalue weighted by Crippen LogP contribution is -1.91. The Morgan fingerprint density at radius 1 is 1.15 bits per heavy atom. The maximum absolute atomic E-state index is 10.5. The smallest absolute Gasteiger partial charge is 0.258 e. The Morgan fingerprint density at radius 3 is 1.92 bits per heavy atom. The molecule has 13 heavy (non-hydrogen) atoms. The largest absolute Gasteiger partial charge is 0.334 e. The summed E-state index contributed by atoms with van der Waals surface area (Å²) >= 11 is 0.837. The molecule has 0 atom stereocenters. The first-order valence-electron chi connectivity index (χ1n) is 3.34. The second-order valence-electron chi connectivity index (χ2n) is 2.45. The van der Waals surface area contributed by atoms with Crippen molar-refractivity contribution in [2.75, 3.05) is 0 Å². The molecule has 70 valence electrons. The van der Waals surface area contributed by atoms with Crippen LogP contribution < -0.4 is 0 Å². The normalized spacial score (nSPS) is 10.0. The van der Waals surface area contributed by atoms with E-state index >= 15 is 0 Å². The van der Waals surface area contributed by atoms with E-state index in [4.69, 9.17) is 0 Å². The molecule has 0 saturated carbocycles. The van der Waals surface area contributed by atoms with Gasteiger partial charge in [-0.15, -0.1) is 0 Å². The third kappa shape index (κ3) is 1.50. The molecule has 7 heteroatoms. The van der Waals surface area contributed by atoms with Gasteiger partial charge in [-0.25, -0.2) is 0 Å². The van der Waals surface area contributed by atoms with Crippen molar-refractivity contribution in [2.24, 2.45) is 0 Å². The molecule has 1 aromatic heterocycles. The van der Waals surface area contributed by atoms with Crippen molar-refractivity contribution in [3.05, 3.63) is 30.7 Å². The number of hydrogen-bond donors (Lipinski definition) is 0. The molecule has 0 unspecified atom stereocenters. The summed E-state index contributed by atoms with van der Waals surface area (Å²) in [5, 5.41) is 20.7. The van der Waals surface area contributed by atoms with Crippen LogP contribution in [0.2, 0.25) is 0 Å². The van der Waals surface area contributed by atoms with Crippen molar-refractivity contribution in [2.45, 2.75) is 13.8 Å². The quantitative estimate of drug-likeness (QED) is 0.543. The Labute approximate surface area is 77.1 Å². The van der Waals surface area contributed by atoms with Gasteiger partial charge in [-0.3, -0.25) is 20.2 Å².